The van der Waals surface area contributed by atoms with Crippen molar-refractivity contribution in [3.63, 3.8) is 0 Å². The average molecular weight is 516 g/mol. The Labute approximate surface area is 227 Å². The number of aromatic nitrogens is 1. The molecule has 0 saturated heterocycles. The van der Waals surface area contributed by atoms with Crippen molar-refractivity contribution in [3.05, 3.63) is 127 Å². The largest absolute Gasteiger partial charge is 0.455 e. The van der Waals surface area contributed by atoms with Gasteiger partial charge in [0.15, 0.2) is 0 Å². The molecule has 0 aliphatic carbocycles. The molecule has 0 N–H and O–H groups in total. The summed E-state index contributed by atoms with van der Waals surface area (Å²) in [6.07, 6.45) is 0. The minimum atomic E-state index is 0.931. The number of hydrogen-bond donors (Lipinski definition) is 0. The van der Waals surface area contributed by atoms with Crippen LogP contribution in [0, 0.1) is 0 Å². The first-order valence-electron chi connectivity index (χ1n) is 13.2. The second kappa shape index (κ2) is 7.83. The third-order valence-electron chi connectivity index (χ3n) is 7.99. The van der Waals surface area contributed by atoms with Gasteiger partial charge in [0.2, 0.25) is 0 Å². The summed E-state index contributed by atoms with van der Waals surface area (Å²) in [4.78, 5) is 0. The van der Waals surface area contributed by atoms with Crippen molar-refractivity contribution in [2.45, 2.75) is 0 Å². The first kappa shape index (κ1) is 21.1. The lowest BCUT2D eigenvalue weighted by atomic mass is 9.98. The lowest BCUT2D eigenvalue weighted by molar-refractivity contribution is 0.673. The van der Waals surface area contributed by atoms with Crippen LogP contribution in [-0.4, -0.2) is 4.57 Å². The second-order valence-corrected chi connectivity index (χ2v) is 11.2. The van der Waals surface area contributed by atoms with Crippen LogP contribution in [0.15, 0.2) is 132 Å². The predicted molar refractivity (Wildman–Crippen MR) is 166 cm³/mol. The normalized spacial score (nSPS) is 12.1. The first-order chi connectivity index (χ1) is 19.3. The van der Waals surface area contributed by atoms with Gasteiger partial charge in [0, 0.05) is 53.0 Å². The summed E-state index contributed by atoms with van der Waals surface area (Å²) in [6, 6.07) is 45.7. The van der Waals surface area contributed by atoms with Crippen molar-refractivity contribution >= 4 is 75.3 Å². The number of hydrogen-bond acceptors (Lipinski definition) is 2. The van der Waals surface area contributed by atoms with Crippen molar-refractivity contribution in [2.24, 2.45) is 0 Å². The summed E-state index contributed by atoms with van der Waals surface area (Å²) in [5.74, 6) is 0. The Morgan fingerprint density at radius 2 is 1.21 bits per heavy atom. The summed E-state index contributed by atoms with van der Waals surface area (Å²) < 4.78 is 11.4. The number of furan rings is 1. The maximum Gasteiger partial charge on any atom is 0.144 e. The molecule has 2 nitrogen and oxygen atoms in total. The molecule has 39 heavy (non-hydrogen) atoms. The van der Waals surface area contributed by atoms with Gasteiger partial charge in [-0.15, -0.1) is 11.3 Å². The molecular formula is C36H21NOS. The Balaban J connectivity index is 1.39. The molecule has 3 heteroatoms. The van der Waals surface area contributed by atoms with Crippen LogP contribution in [0.1, 0.15) is 0 Å². The van der Waals surface area contributed by atoms with Crippen LogP contribution in [-0.2, 0) is 0 Å². The summed E-state index contributed by atoms with van der Waals surface area (Å²) in [5, 5.41) is 7.33. The first-order valence-corrected chi connectivity index (χ1v) is 14.0. The molecule has 0 aliphatic heterocycles. The van der Waals surface area contributed by atoms with Gasteiger partial charge in [-0.05, 0) is 48.0 Å². The molecule has 9 aromatic rings. The van der Waals surface area contributed by atoms with Gasteiger partial charge in [-0.3, -0.25) is 0 Å². The third-order valence-corrected chi connectivity index (χ3v) is 9.19. The van der Waals surface area contributed by atoms with Crippen LogP contribution in [0.5, 0.6) is 0 Å². The second-order valence-electron chi connectivity index (χ2n) is 10.1. The van der Waals surface area contributed by atoms with Crippen LogP contribution in [0.3, 0.4) is 0 Å². The summed E-state index contributed by atoms with van der Waals surface area (Å²) >= 11 is 1.85. The number of benzene rings is 6. The van der Waals surface area contributed by atoms with E-state index in [9.17, 15) is 0 Å². The minimum absolute atomic E-state index is 0.931. The van der Waals surface area contributed by atoms with Gasteiger partial charge in [-0.25, -0.2) is 0 Å². The van der Waals surface area contributed by atoms with E-state index in [2.05, 4.69) is 126 Å². The Kier molecular flexibility index (Phi) is 4.24. The van der Waals surface area contributed by atoms with E-state index >= 15 is 0 Å². The van der Waals surface area contributed by atoms with Crippen molar-refractivity contribution < 1.29 is 4.42 Å². The van der Waals surface area contributed by atoms with Gasteiger partial charge in [-0.2, -0.15) is 0 Å². The van der Waals surface area contributed by atoms with Crippen LogP contribution in [0.2, 0.25) is 0 Å². The number of para-hydroxylation sites is 3. The number of fused-ring (bicyclic) bond motifs is 10. The molecule has 0 spiro atoms. The zero-order valence-corrected chi connectivity index (χ0v) is 21.7. The Morgan fingerprint density at radius 1 is 0.538 bits per heavy atom. The number of rotatable bonds is 2. The fraction of sp³-hybridized carbons (Fsp3) is 0. The lowest BCUT2D eigenvalue weighted by Gasteiger charge is -2.11. The third kappa shape index (κ3) is 2.91. The highest BCUT2D eigenvalue weighted by Crippen LogP contribution is 2.47. The predicted octanol–water partition coefficient (Wildman–Crippen LogP) is 10.7. The quantitative estimate of drug-likeness (QED) is 0.224. The van der Waals surface area contributed by atoms with E-state index in [4.69, 9.17) is 4.42 Å². The summed E-state index contributed by atoms with van der Waals surface area (Å²) in [5.41, 5.74) is 7.96. The van der Waals surface area contributed by atoms with Gasteiger partial charge >= 0.3 is 0 Å². The molecule has 0 fully saturated rings. The Morgan fingerprint density at radius 3 is 2.00 bits per heavy atom. The molecular weight excluding hydrogens is 494 g/mol. The van der Waals surface area contributed by atoms with Crippen LogP contribution >= 0.6 is 11.3 Å². The molecule has 0 amide bonds. The van der Waals surface area contributed by atoms with E-state index in [0.29, 0.717) is 0 Å². The van der Waals surface area contributed by atoms with Gasteiger partial charge in [-0.1, -0.05) is 84.9 Å². The van der Waals surface area contributed by atoms with E-state index in [-0.39, 0.29) is 0 Å². The van der Waals surface area contributed by atoms with Crippen molar-refractivity contribution in [1.29, 1.82) is 0 Å². The van der Waals surface area contributed by atoms with Gasteiger partial charge in [0.1, 0.15) is 11.2 Å². The fourth-order valence-corrected chi connectivity index (χ4v) is 7.53. The van der Waals surface area contributed by atoms with Gasteiger partial charge in [0.05, 0.1) is 11.0 Å². The number of nitrogens with zero attached hydrogens (tertiary/aromatic N) is 1. The molecule has 0 atom stereocenters. The smallest absolute Gasteiger partial charge is 0.144 e. The molecule has 182 valence electrons. The van der Waals surface area contributed by atoms with Gasteiger partial charge < -0.3 is 8.98 Å². The SMILES string of the molecule is c1cc(-c2cc3c4ccccc4oc3c3c2sc2ccccc23)cc(-n2c3ccccc3c3ccccc32)c1. The van der Waals surface area contributed by atoms with E-state index in [1.54, 1.807) is 0 Å². The van der Waals surface area contributed by atoms with E-state index in [1.165, 1.54) is 58.5 Å². The fourth-order valence-electron chi connectivity index (χ4n) is 6.29. The average Bonchev–Trinajstić information content (AvgIpc) is 3.66. The summed E-state index contributed by atoms with van der Waals surface area (Å²) in [6.45, 7) is 0. The van der Waals surface area contributed by atoms with Crippen molar-refractivity contribution in [1.82, 2.24) is 4.57 Å². The highest BCUT2D eigenvalue weighted by atomic mass is 32.1. The Hall–Kier alpha value is -4.86. The number of thiophene rings is 1. The molecule has 6 aromatic carbocycles. The Bertz CT molecular complexity index is 2350. The molecule has 3 aromatic heterocycles. The van der Waals surface area contributed by atoms with Crippen LogP contribution in [0.4, 0.5) is 0 Å². The van der Waals surface area contributed by atoms with Crippen LogP contribution in [0.25, 0.3) is 80.7 Å². The standard InChI is InChI=1S/C36H21NOS/c1-5-16-30-24(12-1)25-13-2-6-17-31(25)37(30)23-11-9-10-22(20-23)28-21-29-26-14-3-7-18-32(26)38-35(29)34-27-15-4-8-19-33(27)39-36(28)34/h1-21H. The monoisotopic (exact) mass is 515 g/mol. The van der Waals surface area contributed by atoms with Gasteiger partial charge in [0.25, 0.3) is 0 Å². The van der Waals surface area contributed by atoms with Crippen molar-refractivity contribution in [2.75, 3.05) is 0 Å². The zero-order valence-electron chi connectivity index (χ0n) is 20.9. The van der Waals surface area contributed by atoms with E-state index < -0.39 is 0 Å². The topological polar surface area (TPSA) is 18.1 Å². The van der Waals surface area contributed by atoms with E-state index in [0.717, 1.165) is 22.2 Å². The molecule has 0 bridgehead atoms. The molecule has 0 aliphatic rings. The highest BCUT2D eigenvalue weighted by Gasteiger charge is 2.20. The highest BCUT2D eigenvalue weighted by molar-refractivity contribution is 7.26. The minimum Gasteiger partial charge on any atom is -0.455 e. The van der Waals surface area contributed by atoms with E-state index in [1.807, 2.05) is 17.4 Å². The van der Waals surface area contributed by atoms with Crippen molar-refractivity contribution in [3.8, 4) is 16.8 Å². The summed E-state index contributed by atoms with van der Waals surface area (Å²) in [7, 11) is 0. The van der Waals surface area contributed by atoms with Crippen LogP contribution < -0.4 is 0 Å². The lowest BCUT2D eigenvalue weighted by Crippen LogP contribution is -1.94. The molecule has 0 radical (unpaired) electrons. The zero-order chi connectivity index (χ0) is 25.5. The maximum atomic E-state index is 6.50. The maximum absolute atomic E-state index is 6.50. The molecule has 0 unspecified atom stereocenters. The molecule has 3 heterocycles. The molecule has 9 rings (SSSR count). The molecule has 0 saturated carbocycles.